The van der Waals surface area contributed by atoms with Gasteiger partial charge in [0.1, 0.15) is 10.8 Å². The molecule has 3 heterocycles. The number of hydrogen-bond donors (Lipinski definition) is 3. The van der Waals surface area contributed by atoms with Crippen molar-refractivity contribution >= 4 is 67.7 Å². The molecule has 3 N–H and O–H groups in total. The Hall–Kier alpha value is -4.07. The van der Waals surface area contributed by atoms with Gasteiger partial charge >= 0.3 is 0 Å². The van der Waals surface area contributed by atoms with Crippen LogP contribution in [0, 0.1) is 0 Å². The summed E-state index contributed by atoms with van der Waals surface area (Å²) < 4.78 is 32.8. The third-order valence-corrected chi connectivity index (χ3v) is 10.1. The third kappa shape index (κ3) is 7.26. The first-order chi connectivity index (χ1) is 21.6. The molecule has 1 amide bonds. The molecule has 1 saturated heterocycles. The molecule has 0 bridgehead atoms. The number of aromatic nitrogens is 2. The summed E-state index contributed by atoms with van der Waals surface area (Å²) in [7, 11) is 0.0828. The van der Waals surface area contributed by atoms with Crippen molar-refractivity contribution in [2.75, 3.05) is 77.8 Å². The van der Waals surface area contributed by atoms with Crippen LogP contribution in [0.2, 0.25) is 5.02 Å². The van der Waals surface area contributed by atoms with Gasteiger partial charge in [0.05, 0.1) is 47.5 Å². The second-order valence-electron chi connectivity index (χ2n) is 10.9. The average Bonchev–Trinajstić information content (AvgIpc) is 3.73. The van der Waals surface area contributed by atoms with Gasteiger partial charge in [0.25, 0.3) is 0 Å². The quantitative estimate of drug-likeness (QED) is 0.217. The number of amides is 1. The topological polar surface area (TPSA) is 132 Å². The minimum atomic E-state index is -3.47. The number of rotatable bonds is 13. The van der Waals surface area contributed by atoms with Crippen LogP contribution in [-0.2, 0) is 21.2 Å². The normalized spacial score (nSPS) is 14.6. The lowest BCUT2D eigenvalue weighted by Gasteiger charge is -2.26. The van der Waals surface area contributed by atoms with Crippen LogP contribution < -0.4 is 29.9 Å². The maximum Gasteiger partial charge on any atom is 0.247 e. The molecule has 0 radical (unpaired) electrons. The van der Waals surface area contributed by atoms with Crippen molar-refractivity contribution in [1.29, 1.82) is 0 Å². The first kappa shape index (κ1) is 32.3. The lowest BCUT2D eigenvalue weighted by Crippen LogP contribution is -2.32. The number of sulfonamides is 1. The van der Waals surface area contributed by atoms with E-state index in [-0.39, 0.29) is 22.6 Å². The number of benzene rings is 2. The summed E-state index contributed by atoms with van der Waals surface area (Å²) in [4.78, 5) is 25.9. The van der Waals surface area contributed by atoms with Crippen LogP contribution in [0.3, 0.4) is 0 Å². The van der Waals surface area contributed by atoms with Gasteiger partial charge in [0, 0.05) is 32.7 Å². The fourth-order valence-corrected chi connectivity index (χ4v) is 6.89. The van der Waals surface area contributed by atoms with Gasteiger partial charge in [0.2, 0.25) is 21.9 Å². The maximum atomic E-state index is 12.8. The number of anilines is 7. The number of likely N-dealkylation sites (N-methyl/N-ethyl adjacent to an activating group) is 1. The summed E-state index contributed by atoms with van der Waals surface area (Å²) in [6.07, 6.45) is 5.72. The van der Waals surface area contributed by atoms with Gasteiger partial charge in [-0.3, -0.25) is 9.10 Å². The van der Waals surface area contributed by atoms with Crippen molar-refractivity contribution in [3.63, 3.8) is 0 Å². The Kier molecular flexibility index (Phi) is 10.0. The van der Waals surface area contributed by atoms with Gasteiger partial charge in [-0.1, -0.05) is 30.3 Å². The smallest absolute Gasteiger partial charge is 0.247 e. The van der Waals surface area contributed by atoms with E-state index >= 15 is 0 Å². The first-order valence-electron chi connectivity index (χ1n) is 14.9. The highest BCUT2D eigenvalue weighted by molar-refractivity contribution is 7.92. The van der Waals surface area contributed by atoms with E-state index in [9.17, 15) is 13.2 Å². The van der Waals surface area contributed by atoms with E-state index < -0.39 is 10.0 Å². The number of carbonyl (C=O) groups excluding carboxylic acids is 1. The summed E-state index contributed by atoms with van der Waals surface area (Å²) in [5, 5.41) is 9.57. The molecular formula is C31H39ClN8O4S. The van der Waals surface area contributed by atoms with Crippen molar-refractivity contribution in [2.24, 2.45) is 0 Å². The molecule has 240 valence electrons. The highest BCUT2D eigenvalue weighted by Crippen LogP contribution is 2.41. The lowest BCUT2D eigenvalue weighted by molar-refractivity contribution is -0.111. The Morgan fingerprint density at radius 2 is 1.93 bits per heavy atom. The molecule has 14 heteroatoms. The number of methoxy groups -OCH3 is 1. The van der Waals surface area contributed by atoms with Crippen molar-refractivity contribution in [2.45, 2.75) is 26.2 Å². The molecule has 0 saturated carbocycles. The van der Waals surface area contributed by atoms with E-state index in [1.54, 1.807) is 26.2 Å². The minimum Gasteiger partial charge on any atom is -0.494 e. The van der Waals surface area contributed by atoms with E-state index in [2.05, 4.69) is 42.3 Å². The van der Waals surface area contributed by atoms with Crippen LogP contribution in [0.5, 0.6) is 5.75 Å². The maximum absolute atomic E-state index is 12.8. The van der Waals surface area contributed by atoms with Crippen LogP contribution >= 0.6 is 11.6 Å². The Morgan fingerprint density at radius 1 is 1.16 bits per heavy atom. The van der Waals surface area contributed by atoms with E-state index in [0.717, 1.165) is 37.4 Å². The summed E-state index contributed by atoms with van der Waals surface area (Å²) in [5.41, 5.74) is 3.96. The summed E-state index contributed by atoms with van der Waals surface area (Å²) in [6.45, 7) is 9.47. The zero-order valence-electron chi connectivity index (χ0n) is 25.8. The largest absolute Gasteiger partial charge is 0.494 e. The monoisotopic (exact) mass is 654 g/mol. The summed E-state index contributed by atoms with van der Waals surface area (Å²) in [5.74, 6) is 0.670. The standard InChI is InChI=1S/C31H39ClN8O4S/c1-5-28(41)34-24-18-25(27(44-4)19-26(24)38(3)16-17-39-13-7-8-14-39)36-31-33-20-22(32)30(37-31)35-23-11-9-10-21-12-15-40(29(21)23)45(42,43)6-2/h5,9-11,18-20H,1,6-8,12-17H2,2-4H3,(H,34,41)(H2,33,35,36,37). The molecule has 5 rings (SSSR count). The molecule has 0 spiro atoms. The molecule has 1 aromatic heterocycles. The SMILES string of the molecule is C=CC(=O)Nc1cc(Nc2ncc(Cl)c(Nc3cccc4c3N(S(=O)(=O)CC)CC4)n2)c(OC)cc1N(C)CCN1CCCC1. The fourth-order valence-electron chi connectivity index (χ4n) is 5.57. The van der Waals surface area contributed by atoms with Crippen LogP contribution in [-0.4, -0.2) is 81.8 Å². The number of fused-ring (bicyclic) bond motifs is 1. The number of carbonyl (C=O) groups is 1. The van der Waals surface area contributed by atoms with E-state index in [4.69, 9.17) is 16.3 Å². The number of nitrogens with zero attached hydrogens (tertiary/aromatic N) is 5. The Balaban J connectivity index is 1.43. The second kappa shape index (κ2) is 13.9. The zero-order chi connectivity index (χ0) is 32.1. The number of likely N-dealkylation sites (tertiary alicyclic amines) is 1. The molecule has 0 aliphatic carbocycles. The summed E-state index contributed by atoms with van der Waals surface area (Å²) in [6, 6.07) is 9.21. The number of para-hydroxylation sites is 1. The Labute approximate surface area is 269 Å². The van der Waals surface area contributed by atoms with E-state index in [1.165, 1.54) is 29.4 Å². The van der Waals surface area contributed by atoms with E-state index in [1.807, 2.05) is 25.2 Å². The third-order valence-electron chi connectivity index (χ3n) is 8.02. The molecule has 45 heavy (non-hydrogen) atoms. The molecule has 1 fully saturated rings. The Bertz CT molecular complexity index is 1680. The molecule has 2 aromatic carbocycles. The van der Waals surface area contributed by atoms with Gasteiger partial charge in [0.15, 0.2) is 5.82 Å². The highest BCUT2D eigenvalue weighted by atomic mass is 35.5. The molecule has 0 unspecified atom stereocenters. The number of nitrogens with one attached hydrogen (secondary N) is 3. The van der Waals surface area contributed by atoms with Crippen molar-refractivity contribution in [3.8, 4) is 5.75 Å². The van der Waals surface area contributed by atoms with Gasteiger partial charge in [-0.25, -0.2) is 13.4 Å². The zero-order valence-corrected chi connectivity index (χ0v) is 27.3. The van der Waals surface area contributed by atoms with Gasteiger partial charge in [-0.05, 0) is 63.0 Å². The number of ether oxygens (including phenoxy) is 1. The van der Waals surface area contributed by atoms with Crippen molar-refractivity contribution in [3.05, 3.63) is 59.8 Å². The van der Waals surface area contributed by atoms with Crippen LogP contribution in [0.4, 0.5) is 40.2 Å². The van der Waals surface area contributed by atoms with Crippen LogP contribution in [0.1, 0.15) is 25.3 Å². The van der Waals surface area contributed by atoms with Crippen LogP contribution in [0.25, 0.3) is 0 Å². The van der Waals surface area contributed by atoms with Gasteiger partial charge in [-0.2, -0.15) is 4.98 Å². The van der Waals surface area contributed by atoms with E-state index in [0.29, 0.717) is 47.3 Å². The van der Waals surface area contributed by atoms with Gasteiger partial charge < -0.3 is 30.5 Å². The predicted octanol–water partition coefficient (Wildman–Crippen LogP) is 4.99. The molecule has 3 aromatic rings. The minimum absolute atomic E-state index is 0.00674. The van der Waals surface area contributed by atoms with Crippen molar-refractivity contribution < 1.29 is 17.9 Å². The second-order valence-corrected chi connectivity index (χ2v) is 13.5. The highest BCUT2D eigenvalue weighted by Gasteiger charge is 2.31. The summed E-state index contributed by atoms with van der Waals surface area (Å²) >= 11 is 6.51. The molecule has 12 nitrogen and oxygen atoms in total. The number of halogens is 1. The van der Waals surface area contributed by atoms with Crippen LogP contribution in [0.15, 0.2) is 49.2 Å². The molecule has 2 aliphatic heterocycles. The molecule has 2 aliphatic rings. The number of hydrogen-bond acceptors (Lipinski definition) is 10. The fraction of sp³-hybridized carbons (Fsp3) is 0.387. The lowest BCUT2D eigenvalue weighted by atomic mass is 10.1. The molecule has 0 atom stereocenters. The van der Waals surface area contributed by atoms with Crippen molar-refractivity contribution in [1.82, 2.24) is 14.9 Å². The molecular weight excluding hydrogens is 616 g/mol. The predicted molar refractivity (Wildman–Crippen MR) is 181 cm³/mol. The van der Waals surface area contributed by atoms with Gasteiger partial charge in [-0.15, -0.1) is 0 Å². The first-order valence-corrected chi connectivity index (χ1v) is 16.9. The Morgan fingerprint density at radius 3 is 2.64 bits per heavy atom. The average molecular weight is 655 g/mol.